The van der Waals surface area contributed by atoms with E-state index >= 15 is 0 Å². The van der Waals surface area contributed by atoms with Crippen LogP contribution in [-0.2, 0) is 19.1 Å². The first kappa shape index (κ1) is 10.8. The summed E-state index contributed by atoms with van der Waals surface area (Å²) in [5.41, 5.74) is 0.0341. The Labute approximate surface area is 82.9 Å². The van der Waals surface area contributed by atoms with Crippen molar-refractivity contribution in [2.45, 2.75) is 39.9 Å². The van der Waals surface area contributed by atoms with Crippen LogP contribution in [0.3, 0.4) is 0 Å². The largest absolute Gasteiger partial charge is 0.456 e. The van der Waals surface area contributed by atoms with Crippen molar-refractivity contribution in [3.8, 4) is 0 Å². The smallest absolute Gasteiger partial charge is 0.348 e. The van der Waals surface area contributed by atoms with Crippen molar-refractivity contribution in [3.05, 3.63) is 11.3 Å². The molecule has 0 saturated heterocycles. The summed E-state index contributed by atoms with van der Waals surface area (Å²) in [7, 11) is 0. The zero-order chi connectivity index (χ0) is 10.9. The molecule has 0 radical (unpaired) electrons. The summed E-state index contributed by atoms with van der Waals surface area (Å²) in [6.45, 7) is 6.43. The van der Waals surface area contributed by atoms with E-state index in [0.717, 1.165) is 0 Å². The summed E-state index contributed by atoms with van der Waals surface area (Å²) in [4.78, 5) is 22.6. The van der Waals surface area contributed by atoms with Crippen molar-refractivity contribution in [1.82, 2.24) is 0 Å². The second kappa shape index (κ2) is 3.44. The van der Waals surface area contributed by atoms with Crippen LogP contribution < -0.4 is 0 Å². The quantitative estimate of drug-likeness (QED) is 0.499. The predicted molar refractivity (Wildman–Crippen MR) is 49.3 cm³/mol. The monoisotopic (exact) mass is 198 g/mol. The highest BCUT2D eigenvalue weighted by Crippen LogP contribution is 2.28. The van der Waals surface area contributed by atoms with Gasteiger partial charge in [-0.05, 0) is 6.92 Å². The van der Waals surface area contributed by atoms with E-state index in [1.165, 1.54) is 6.92 Å². The number of ketones is 1. The van der Waals surface area contributed by atoms with Crippen LogP contribution in [0.4, 0.5) is 0 Å². The van der Waals surface area contributed by atoms with E-state index < -0.39 is 11.8 Å². The Hall–Kier alpha value is -1.32. The molecule has 0 N–H and O–H groups in total. The van der Waals surface area contributed by atoms with Gasteiger partial charge in [0.1, 0.15) is 11.3 Å². The van der Waals surface area contributed by atoms with Crippen molar-refractivity contribution in [3.63, 3.8) is 0 Å². The molecule has 0 aliphatic carbocycles. The maximum Gasteiger partial charge on any atom is 0.348 e. The Morgan fingerprint density at radius 1 is 1.36 bits per heavy atom. The third kappa shape index (κ3) is 1.95. The number of hydrogen-bond acceptors (Lipinski definition) is 4. The molecule has 0 aromatic carbocycles. The van der Waals surface area contributed by atoms with Gasteiger partial charge in [0, 0.05) is 20.3 Å². The van der Waals surface area contributed by atoms with E-state index in [1.807, 2.05) is 6.92 Å². The van der Waals surface area contributed by atoms with Gasteiger partial charge in [0.2, 0.25) is 5.79 Å². The second-order valence-corrected chi connectivity index (χ2v) is 3.60. The lowest BCUT2D eigenvalue weighted by atomic mass is 10.1. The molecule has 0 aromatic heterocycles. The summed E-state index contributed by atoms with van der Waals surface area (Å²) in [5, 5.41) is 0. The van der Waals surface area contributed by atoms with Crippen LogP contribution in [0.25, 0.3) is 0 Å². The van der Waals surface area contributed by atoms with Crippen molar-refractivity contribution < 1.29 is 19.1 Å². The standard InChI is InChI=1S/C10H14O4/c1-5-7-8(6(2)11)9(12)14-10(3,4)13-7/h5H2,1-4H3. The first-order valence-electron chi connectivity index (χ1n) is 4.54. The molecule has 0 unspecified atom stereocenters. The fourth-order valence-electron chi connectivity index (χ4n) is 1.35. The van der Waals surface area contributed by atoms with Crippen LogP contribution in [0.2, 0.25) is 0 Å². The highest BCUT2D eigenvalue weighted by molar-refractivity contribution is 6.17. The molecule has 0 atom stereocenters. The van der Waals surface area contributed by atoms with Gasteiger partial charge in [-0.15, -0.1) is 0 Å². The molecule has 0 saturated carbocycles. The molecule has 0 aromatic rings. The van der Waals surface area contributed by atoms with E-state index in [0.29, 0.717) is 12.2 Å². The Kier molecular flexibility index (Phi) is 2.64. The van der Waals surface area contributed by atoms with Gasteiger partial charge in [0.15, 0.2) is 5.78 Å². The number of ether oxygens (including phenoxy) is 2. The molecule has 0 spiro atoms. The molecule has 0 fully saturated rings. The fourth-order valence-corrected chi connectivity index (χ4v) is 1.35. The molecule has 1 aliphatic heterocycles. The van der Waals surface area contributed by atoms with Crippen LogP contribution in [0.15, 0.2) is 11.3 Å². The Balaban J connectivity index is 3.14. The lowest BCUT2D eigenvalue weighted by Gasteiger charge is -2.32. The zero-order valence-electron chi connectivity index (χ0n) is 8.84. The lowest BCUT2D eigenvalue weighted by Crippen LogP contribution is -2.38. The highest BCUT2D eigenvalue weighted by Gasteiger charge is 2.36. The number of rotatable bonds is 2. The number of carbonyl (C=O) groups excluding carboxylic acids is 2. The SMILES string of the molecule is CCC1=C(C(C)=O)C(=O)OC(C)(C)O1. The number of hydrogen-bond donors (Lipinski definition) is 0. The average Bonchev–Trinajstić information content (AvgIpc) is 1.99. The summed E-state index contributed by atoms with van der Waals surface area (Å²) in [6, 6.07) is 0. The van der Waals surface area contributed by atoms with Crippen LogP contribution in [0.5, 0.6) is 0 Å². The zero-order valence-corrected chi connectivity index (χ0v) is 8.84. The van der Waals surface area contributed by atoms with Gasteiger partial charge in [-0.25, -0.2) is 4.79 Å². The summed E-state index contributed by atoms with van der Waals surface area (Å²) >= 11 is 0. The first-order chi connectivity index (χ1) is 6.37. The van der Waals surface area contributed by atoms with E-state index in [1.54, 1.807) is 13.8 Å². The summed E-state index contributed by atoms with van der Waals surface area (Å²) in [6.07, 6.45) is 0.507. The second-order valence-electron chi connectivity index (χ2n) is 3.60. The van der Waals surface area contributed by atoms with Gasteiger partial charge in [-0.2, -0.15) is 0 Å². The predicted octanol–water partition coefficient (Wildman–Crippen LogP) is 1.55. The van der Waals surface area contributed by atoms with Gasteiger partial charge in [0.05, 0.1) is 0 Å². The summed E-state index contributed by atoms with van der Waals surface area (Å²) in [5.74, 6) is -1.46. The molecular formula is C10H14O4. The number of carbonyl (C=O) groups is 2. The third-order valence-corrected chi connectivity index (χ3v) is 1.86. The first-order valence-corrected chi connectivity index (χ1v) is 4.54. The molecule has 4 nitrogen and oxygen atoms in total. The molecule has 78 valence electrons. The number of esters is 1. The van der Waals surface area contributed by atoms with Crippen molar-refractivity contribution in [2.24, 2.45) is 0 Å². The van der Waals surface area contributed by atoms with Crippen molar-refractivity contribution in [1.29, 1.82) is 0 Å². The molecule has 1 aliphatic rings. The molecule has 1 heterocycles. The Bertz CT molecular complexity index is 312. The van der Waals surface area contributed by atoms with E-state index in [9.17, 15) is 9.59 Å². The molecule has 1 rings (SSSR count). The van der Waals surface area contributed by atoms with Crippen LogP contribution in [0.1, 0.15) is 34.1 Å². The number of cyclic esters (lactones) is 1. The summed E-state index contributed by atoms with van der Waals surface area (Å²) < 4.78 is 10.3. The molecule has 14 heavy (non-hydrogen) atoms. The minimum Gasteiger partial charge on any atom is -0.456 e. The van der Waals surface area contributed by atoms with Gasteiger partial charge in [-0.1, -0.05) is 6.92 Å². The van der Waals surface area contributed by atoms with Crippen LogP contribution in [0, 0.1) is 0 Å². The minimum absolute atomic E-state index is 0.0341. The normalized spacial score (nSPS) is 20.1. The van der Waals surface area contributed by atoms with E-state index in [4.69, 9.17) is 9.47 Å². The van der Waals surface area contributed by atoms with Gasteiger partial charge in [0.25, 0.3) is 0 Å². The van der Waals surface area contributed by atoms with Gasteiger partial charge < -0.3 is 9.47 Å². The number of Topliss-reactive ketones (excluding diaryl/α,β-unsaturated/α-hetero) is 1. The molecule has 0 bridgehead atoms. The van der Waals surface area contributed by atoms with E-state index in [2.05, 4.69) is 0 Å². The van der Waals surface area contributed by atoms with E-state index in [-0.39, 0.29) is 11.4 Å². The van der Waals surface area contributed by atoms with Crippen molar-refractivity contribution >= 4 is 11.8 Å². The van der Waals surface area contributed by atoms with Crippen LogP contribution >= 0.6 is 0 Å². The average molecular weight is 198 g/mol. The minimum atomic E-state index is -0.971. The van der Waals surface area contributed by atoms with Crippen LogP contribution in [-0.4, -0.2) is 17.5 Å². The molecular weight excluding hydrogens is 184 g/mol. The molecule has 0 amide bonds. The van der Waals surface area contributed by atoms with Gasteiger partial charge >= 0.3 is 5.97 Å². The third-order valence-electron chi connectivity index (χ3n) is 1.86. The maximum atomic E-state index is 11.4. The lowest BCUT2D eigenvalue weighted by molar-refractivity contribution is -0.208. The van der Waals surface area contributed by atoms with Gasteiger partial charge in [-0.3, -0.25) is 4.79 Å². The van der Waals surface area contributed by atoms with Crippen molar-refractivity contribution in [2.75, 3.05) is 0 Å². The Morgan fingerprint density at radius 3 is 2.36 bits per heavy atom. The topological polar surface area (TPSA) is 52.6 Å². The molecule has 4 heteroatoms. The highest BCUT2D eigenvalue weighted by atomic mass is 16.7. The maximum absolute atomic E-state index is 11.4. The Morgan fingerprint density at radius 2 is 1.93 bits per heavy atom. The fraction of sp³-hybridized carbons (Fsp3) is 0.600. The number of allylic oxidation sites excluding steroid dienone is 1.